The summed E-state index contributed by atoms with van der Waals surface area (Å²) in [6, 6.07) is 14.6. The number of azo groups is 2. The van der Waals surface area contributed by atoms with Gasteiger partial charge in [0.05, 0.1) is 21.8 Å². The number of aromatic carboxylic acids is 2. The van der Waals surface area contributed by atoms with Gasteiger partial charge in [-0.15, -0.1) is 20.5 Å². The Morgan fingerprint density at radius 3 is 1.93 bits per heavy atom. The fourth-order valence-electron chi connectivity index (χ4n) is 4.52. The van der Waals surface area contributed by atoms with Gasteiger partial charge in [0.15, 0.2) is 5.75 Å². The number of nitrogens with two attached hydrogens (primary N) is 1. The van der Waals surface area contributed by atoms with Gasteiger partial charge < -0.3 is 21.1 Å². The molecule has 5 aromatic rings. The summed E-state index contributed by atoms with van der Waals surface area (Å²) in [5, 5.41) is 46.0. The summed E-state index contributed by atoms with van der Waals surface area (Å²) in [6.07, 6.45) is 0. The van der Waals surface area contributed by atoms with Crippen molar-refractivity contribution in [3.8, 4) is 5.75 Å². The summed E-state index contributed by atoms with van der Waals surface area (Å²) in [6.45, 7) is 0. The molecule has 0 radical (unpaired) electrons. The van der Waals surface area contributed by atoms with Crippen molar-refractivity contribution in [2.75, 3.05) is 5.73 Å². The number of benzene rings is 5. The van der Waals surface area contributed by atoms with Gasteiger partial charge in [0, 0.05) is 21.8 Å². The molecule has 0 amide bonds. The van der Waals surface area contributed by atoms with Gasteiger partial charge in [0.2, 0.25) is 0 Å². The van der Waals surface area contributed by atoms with Gasteiger partial charge in [0.1, 0.15) is 21.8 Å². The van der Waals surface area contributed by atoms with Crippen LogP contribution in [-0.4, -0.2) is 53.2 Å². The standard InChI is InChI=1S/C28H19N5O11S2/c29-14-5-4-13-10-23(46(42,43)44)25(26(34)18(13)11-14)33-31-21-9-8-20(16-7-6-15(12-19(16)21)45(39,40)41)30-32-22-3-1-2-17(27(35)36)24(22)28(37)38/h1-12,34H,29H2,(H,35,36)(H,37,38)(H,39,40,41)(H,42,43,44). The van der Waals surface area contributed by atoms with Crippen LogP contribution < -0.4 is 5.73 Å². The van der Waals surface area contributed by atoms with E-state index >= 15 is 0 Å². The molecule has 0 aromatic heterocycles. The van der Waals surface area contributed by atoms with Gasteiger partial charge in [-0.05, 0) is 60.0 Å². The molecule has 18 heteroatoms. The Hall–Kier alpha value is -5.82. The molecule has 5 aromatic carbocycles. The minimum atomic E-state index is -4.95. The second-order valence-corrected chi connectivity index (χ2v) is 12.3. The molecule has 234 valence electrons. The van der Waals surface area contributed by atoms with Gasteiger partial charge in [-0.25, -0.2) is 9.59 Å². The number of hydrogen-bond acceptors (Lipinski definition) is 12. The van der Waals surface area contributed by atoms with E-state index in [-0.39, 0.29) is 44.3 Å². The number of rotatable bonds is 8. The molecule has 0 spiro atoms. The van der Waals surface area contributed by atoms with Crippen molar-refractivity contribution in [2.45, 2.75) is 9.79 Å². The van der Waals surface area contributed by atoms with Crippen molar-refractivity contribution < 1.29 is 50.8 Å². The quantitative estimate of drug-likeness (QED) is 0.0632. The average Bonchev–Trinajstić information content (AvgIpc) is 2.98. The molecule has 0 saturated carbocycles. The number of carboxylic acid groups (broad SMARTS) is 2. The van der Waals surface area contributed by atoms with Crippen molar-refractivity contribution in [3.63, 3.8) is 0 Å². The highest BCUT2D eigenvalue weighted by Crippen LogP contribution is 2.43. The zero-order chi connectivity index (χ0) is 33.6. The smallest absolute Gasteiger partial charge is 0.338 e. The number of fused-ring (bicyclic) bond motifs is 2. The summed E-state index contributed by atoms with van der Waals surface area (Å²) < 4.78 is 67.7. The van der Waals surface area contributed by atoms with Crippen LogP contribution in [0.3, 0.4) is 0 Å². The molecular formula is C28H19N5O11S2. The van der Waals surface area contributed by atoms with Crippen LogP contribution in [-0.2, 0) is 20.2 Å². The second kappa shape index (κ2) is 11.6. The molecule has 0 heterocycles. The highest BCUT2D eigenvalue weighted by atomic mass is 32.2. The molecule has 0 saturated heterocycles. The Morgan fingerprint density at radius 2 is 1.30 bits per heavy atom. The van der Waals surface area contributed by atoms with Crippen LogP contribution in [0.2, 0.25) is 0 Å². The summed E-state index contributed by atoms with van der Waals surface area (Å²) in [5.74, 6) is -3.77. The van der Waals surface area contributed by atoms with Gasteiger partial charge in [-0.1, -0.05) is 18.2 Å². The molecule has 0 atom stereocenters. The number of phenols is 1. The first-order chi connectivity index (χ1) is 21.6. The number of aromatic hydroxyl groups is 1. The number of nitrogen functional groups attached to an aromatic ring is 1. The lowest BCUT2D eigenvalue weighted by Gasteiger charge is -2.10. The van der Waals surface area contributed by atoms with Crippen molar-refractivity contribution in [2.24, 2.45) is 20.5 Å². The predicted octanol–water partition coefficient (Wildman–Crippen LogP) is 6.00. The third-order valence-electron chi connectivity index (χ3n) is 6.60. The molecule has 0 aliphatic heterocycles. The highest BCUT2D eigenvalue weighted by Gasteiger charge is 2.23. The van der Waals surface area contributed by atoms with Gasteiger partial charge >= 0.3 is 11.9 Å². The molecule has 7 N–H and O–H groups in total. The van der Waals surface area contributed by atoms with Crippen LogP contribution in [0.15, 0.2) is 103 Å². The van der Waals surface area contributed by atoms with Gasteiger partial charge in [0.25, 0.3) is 20.2 Å². The normalized spacial score (nSPS) is 12.4. The van der Waals surface area contributed by atoms with Crippen molar-refractivity contribution in [3.05, 3.63) is 83.9 Å². The van der Waals surface area contributed by atoms with E-state index in [0.717, 1.165) is 24.3 Å². The molecule has 0 unspecified atom stereocenters. The van der Waals surface area contributed by atoms with E-state index in [4.69, 9.17) is 5.73 Å². The van der Waals surface area contributed by atoms with E-state index < -0.39 is 64.5 Å². The summed E-state index contributed by atoms with van der Waals surface area (Å²) in [5.41, 5.74) is 3.76. The topological polar surface area (TPSA) is 279 Å². The fourth-order valence-corrected chi connectivity index (χ4v) is 5.69. The Balaban J connectivity index is 1.71. The first-order valence-corrected chi connectivity index (χ1v) is 15.4. The maximum atomic E-state index is 12.2. The van der Waals surface area contributed by atoms with E-state index in [1.807, 2.05) is 0 Å². The summed E-state index contributed by atoms with van der Waals surface area (Å²) >= 11 is 0. The van der Waals surface area contributed by atoms with Crippen LogP contribution in [0.25, 0.3) is 21.5 Å². The third kappa shape index (κ3) is 6.08. The Bertz CT molecular complexity index is 2410. The number of nitrogens with zero attached hydrogens (tertiary/aromatic N) is 4. The first-order valence-electron chi connectivity index (χ1n) is 12.6. The van der Waals surface area contributed by atoms with Gasteiger partial charge in [-0.2, -0.15) is 16.8 Å². The number of anilines is 1. The van der Waals surface area contributed by atoms with E-state index in [2.05, 4.69) is 20.5 Å². The van der Waals surface area contributed by atoms with Crippen molar-refractivity contribution >= 4 is 82.2 Å². The first kappa shape index (κ1) is 31.6. The third-order valence-corrected chi connectivity index (χ3v) is 8.32. The minimum absolute atomic E-state index is 0.00978. The number of phenolic OH excluding ortho intramolecular Hbond substituents is 1. The molecule has 0 bridgehead atoms. The lowest BCUT2D eigenvalue weighted by Crippen LogP contribution is -2.07. The second-order valence-electron chi connectivity index (χ2n) is 9.52. The lowest BCUT2D eigenvalue weighted by atomic mass is 10.1. The van der Waals surface area contributed by atoms with Crippen LogP contribution >= 0.6 is 0 Å². The van der Waals surface area contributed by atoms with E-state index in [9.17, 15) is 50.8 Å². The van der Waals surface area contributed by atoms with Crippen LogP contribution in [0.4, 0.5) is 28.4 Å². The summed E-state index contributed by atoms with van der Waals surface area (Å²) in [4.78, 5) is 21.9. The number of carbonyl (C=O) groups is 2. The molecule has 0 aliphatic carbocycles. The predicted molar refractivity (Wildman–Crippen MR) is 162 cm³/mol. The van der Waals surface area contributed by atoms with Crippen LogP contribution in [0, 0.1) is 0 Å². The SMILES string of the molecule is Nc1ccc2cc(S(=O)(=O)O)c(N=Nc3ccc(N=Nc4cccc(C(=O)O)c4C(=O)O)c4ccc(S(=O)(=O)O)cc34)c(O)c2c1. The molecule has 5 rings (SSSR count). The molecule has 16 nitrogen and oxygen atoms in total. The van der Waals surface area contributed by atoms with Crippen molar-refractivity contribution in [1.82, 2.24) is 0 Å². The molecule has 46 heavy (non-hydrogen) atoms. The zero-order valence-electron chi connectivity index (χ0n) is 22.8. The average molecular weight is 666 g/mol. The Labute approximate surface area is 258 Å². The maximum absolute atomic E-state index is 12.2. The van der Waals surface area contributed by atoms with Crippen LogP contribution in [0.5, 0.6) is 5.75 Å². The Morgan fingerprint density at radius 1 is 0.652 bits per heavy atom. The van der Waals surface area contributed by atoms with E-state index in [1.54, 1.807) is 0 Å². The fraction of sp³-hybridized carbons (Fsp3) is 0. The van der Waals surface area contributed by atoms with E-state index in [0.29, 0.717) is 0 Å². The lowest BCUT2D eigenvalue weighted by molar-refractivity contribution is 0.0652. The number of hydrogen-bond donors (Lipinski definition) is 6. The van der Waals surface area contributed by atoms with Crippen LogP contribution in [0.1, 0.15) is 20.7 Å². The molecular weight excluding hydrogens is 646 g/mol. The maximum Gasteiger partial charge on any atom is 0.338 e. The monoisotopic (exact) mass is 665 g/mol. The minimum Gasteiger partial charge on any atom is -0.505 e. The Kier molecular flexibility index (Phi) is 7.97. The van der Waals surface area contributed by atoms with Gasteiger partial charge in [-0.3, -0.25) is 9.11 Å². The number of carboxylic acids is 2. The molecule has 0 aliphatic rings. The van der Waals surface area contributed by atoms with Crippen molar-refractivity contribution in [1.29, 1.82) is 0 Å². The highest BCUT2D eigenvalue weighted by molar-refractivity contribution is 7.86. The zero-order valence-corrected chi connectivity index (χ0v) is 24.4. The largest absolute Gasteiger partial charge is 0.505 e. The molecule has 0 fully saturated rings. The summed E-state index contributed by atoms with van der Waals surface area (Å²) in [7, 11) is -9.70. The van der Waals surface area contributed by atoms with E-state index in [1.165, 1.54) is 48.5 Å².